The number of nitrogens with two attached hydrogens (primary N) is 1. The summed E-state index contributed by atoms with van der Waals surface area (Å²) in [5.41, 5.74) is 6.65. The first-order valence-electron chi connectivity index (χ1n) is 6.43. The molecule has 19 heavy (non-hydrogen) atoms. The van der Waals surface area contributed by atoms with Gasteiger partial charge in [-0.05, 0) is 43.0 Å². The largest absolute Gasteiger partial charge is 0.353 e. The van der Waals surface area contributed by atoms with Crippen LogP contribution < -0.4 is 11.1 Å². The van der Waals surface area contributed by atoms with Crippen LogP contribution in [0.25, 0.3) is 0 Å². The highest BCUT2D eigenvalue weighted by atomic mass is 35.5. The van der Waals surface area contributed by atoms with E-state index in [1.54, 1.807) is 0 Å². The molecule has 0 radical (unpaired) electrons. The van der Waals surface area contributed by atoms with Crippen LogP contribution in [-0.4, -0.2) is 18.5 Å². The Morgan fingerprint density at radius 2 is 2.21 bits per heavy atom. The van der Waals surface area contributed by atoms with Crippen molar-refractivity contribution in [2.75, 3.05) is 6.54 Å². The number of halogens is 2. The van der Waals surface area contributed by atoms with E-state index < -0.39 is 0 Å². The number of amides is 1. The lowest BCUT2D eigenvalue weighted by Crippen LogP contribution is -2.40. The zero-order valence-corrected chi connectivity index (χ0v) is 12.3. The Morgan fingerprint density at radius 3 is 2.89 bits per heavy atom. The first-order valence-corrected chi connectivity index (χ1v) is 6.80. The number of rotatable bonds is 4. The molecule has 1 aliphatic carbocycles. The van der Waals surface area contributed by atoms with E-state index in [1.807, 2.05) is 24.3 Å². The van der Waals surface area contributed by atoms with Gasteiger partial charge >= 0.3 is 0 Å². The van der Waals surface area contributed by atoms with Crippen molar-refractivity contribution in [3.63, 3.8) is 0 Å². The van der Waals surface area contributed by atoms with E-state index in [0.717, 1.165) is 24.8 Å². The Morgan fingerprint density at radius 1 is 1.42 bits per heavy atom. The average Bonchev–Trinajstić information content (AvgIpc) is 2.76. The minimum absolute atomic E-state index is 0. The summed E-state index contributed by atoms with van der Waals surface area (Å²) >= 11 is 5.90. The Hall–Kier alpha value is -0.770. The fourth-order valence-corrected chi connectivity index (χ4v) is 2.81. The van der Waals surface area contributed by atoms with Crippen molar-refractivity contribution in [3.8, 4) is 0 Å². The van der Waals surface area contributed by atoms with E-state index in [-0.39, 0.29) is 24.4 Å². The fourth-order valence-electron chi connectivity index (χ4n) is 2.60. The summed E-state index contributed by atoms with van der Waals surface area (Å²) in [6.07, 6.45) is 3.71. The molecule has 2 unspecified atom stereocenters. The van der Waals surface area contributed by atoms with Gasteiger partial charge in [-0.3, -0.25) is 4.79 Å². The standard InChI is InChI=1S/C14H19ClN2O.ClH/c15-12-5-1-3-10(7-12)8-14(18)17-13-6-2-4-11(13)9-16;/h1,3,5,7,11,13H,2,4,6,8-9,16H2,(H,17,18);1H. The molecule has 0 spiro atoms. The third-order valence-corrected chi connectivity index (χ3v) is 3.80. The monoisotopic (exact) mass is 302 g/mol. The third-order valence-electron chi connectivity index (χ3n) is 3.56. The third kappa shape index (κ3) is 4.68. The molecule has 1 aliphatic rings. The van der Waals surface area contributed by atoms with Gasteiger partial charge in [0.15, 0.2) is 0 Å². The molecular formula is C14H20Cl2N2O. The maximum absolute atomic E-state index is 11.9. The van der Waals surface area contributed by atoms with Gasteiger partial charge in [-0.1, -0.05) is 30.2 Å². The zero-order valence-electron chi connectivity index (χ0n) is 10.8. The van der Waals surface area contributed by atoms with Crippen LogP contribution in [0, 0.1) is 5.92 Å². The van der Waals surface area contributed by atoms with Gasteiger partial charge in [0.05, 0.1) is 6.42 Å². The summed E-state index contributed by atoms with van der Waals surface area (Å²) in [6, 6.07) is 7.67. The van der Waals surface area contributed by atoms with E-state index >= 15 is 0 Å². The van der Waals surface area contributed by atoms with Crippen molar-refractivity contribution < 1.29 is 4.79 Å². The summed E-state index contributed by atoms with van der Waals surface area (Å²) in [7, 11) is 0. The molecule has 3 N–H and O–H groups in total. The second kappa shape index (κ2) is 7.73. The molecule has 106 valence electrons. The number of hydrogen-bond donors (Lipinski definition) is 2. The summed E-state index contributed by atoms with van der Waals surface area (Å²) in [5, 5.41) is 3.75. The Balaban J connectivity index is 0.00000180. The number of hydrogen-bond acceptors (Lipinski definition) is 2. The lowest BCUT2D eigenvalue weighted by molar-refractivity contribution is -0.121. The van der Waals surface area contributed by atoms with E-state index in [9.17, 15) is 4.79 Å². The van der Waals surface area contributed by atoms with E-state index in [1.165, 1.54) is 0 Å². The molecular weight excluding hydrogens is 283 g/mol. The number of nitrogens with one attached hydrogen (secondary N) is 1. The predicted molar refractivity (Wildman–Crippen MR) is 80.7 cm³/mol. The summed E-state index contributed by atoms with van der Waals surface area (Å²) in [4.78, 5) is 11.9. The highest BCUT2D eigenvalue weighted by Gasteiger charge is 2.27. The van der Waals surface area contributed by atoms with Crippen molar-refractivity contribution >= 4 is 29.9 Å². The first kappa shape index (κ1) is 16.3. The minimum atomic E-state index is 0. The second-order valence-electron chi connectivity index (χ2n) is 4.91. The molecule has 1 amide bonds. The molecule has 3 nitrogen and oxygen atoms in total. The molecule has 2 rings (SSSR count). The lowest BCUT2D eigenvalue weighted by atomic mass is 10.0. The summed E-state index contributed by atoms with van der Waals surface area (Å²) in [5.74, 6) is 0.496. The average molecular weight is 303 g/mol. The number of carbonyl (C=O) groups excluding carboxylic acids is 1. The minimum Gasteiger partial charge on any atom is -0.353 e. The van der Waals surface area contributed by atoms with Gasteiger partial charge < -0.3 is 11.1 Å². The SMILES string of the molecule is Cl.NCC1CCCC1NC(=O)Cc1cccc(Cl)c1. The topological polar surface area (TPSA) is 55.1 Å². The molecule has 0 aromatic heterocycles. The smallest absolute Gasteiger partial charge is 0.224 e. The van der Waals surface area contributed by atoms with Crippen LogP contribution in [0.15, 0.2) is 24.3 Å². The van der Waals surface area contributed by atoms with Gasteiger partial charge in [-0.25, -0.2) is 0 Å². The molecule has 1 aromatic carbocycles. The summed E-state index contributed by atoms with van der Waals surface area (Å²) in [6.45, 7) is 0.655. The van der Waals surface area contributed by atoms with Crippen molar-refractivity contribution in [1.29, 1.82) is 0 Å². The highest BCUT2D eigenvalue weighted by molar-refractivity contribution is 6.30. The Kier molecular flexibility index (Phi) is 6.63. The molecule has 0 saturated heterocycles. The van der Waals surface area contributed by atoms with Crippen molar-refractivity contribution in [2.24, 2.45) is 11.7 Å². The van der Waals surface area contributed by atoms with Gasteiger partial charge in [0.25, 0.3) is 0 Å². The lowest BCUT2D eigenvalue weighted by Gasteiger charge is -2.19. The van der Waals surface area contributed by atoms with Crippen molar-refractivity contribution in [1.82, 2.24) is 5.32 Å². The molecule has 0 heterocycles. The van der Waals surface area contributed by atoms with Crippen LogP contribution in [0.3, 0.4) is 0 Å². The molecule has 0 aliphatic heterocycles. The molecule has 1 fully saturated rings. The second-order valence-corrected chi connectivity index (χ2v) is 5.34. The molecule has 1 saturated carbocycles. The Bertz CT molecular complexity index is 426. The van der Waals surface area contributed by atoms with Gasteiger partial charge in [-0.15, -0.1) is 12.4 Å². The van der Waals surface area contributed by atoms with E-state index in [2.05, 4.69) is 5.32 Å². The predicted octanol–water partition coefficient (Wildman–Crippen LogP) is 2.55. The number of benzene rings is 1. The van der Waals surface area contributed by atoms with Gasteiger partial charge in [0.1, 0.15) is 0 Å². The van der Waals surface area contributed by atoms with Crippen molar-refractivity contribution in [2.45, 2.75) is 31.7 Å². The molecule has 2 atom stereocenters. The van der Waals surface area contributed by atoms with Crippen LogP contribution in [-0.2, 0) is 11.2 Å². The van der Waals surface area contributed by atoms with Gasteiger partial charge in [-0.2, -0.15) is 0 Å². The highest BCUT2D eigenvalue weighted by Crippen LogP contribution is 2.24. The van der Waals surface area contributed by atoms with E-state index in [0.29, 0.717) is 23.9 Å². The fraction of sp³-hybridized carbons (Fsp3) is 0.500. The van der Waals surface area contributed by atoms with Crippen LogP contribution in [0.2, 0.25) is 5.02 Å². The van der Waals surface area contributed by atoms with Crippen LogP contribution in [0.5, 0.6) is 0 Å². The maximum Gasteiger partial charge on any atom is 0.224 e. The maximum atomic E-state index is 11.9. The van der Waals surface area contributed by atoms with Crippen molar-refractivity contribution in [3.05, 3.63) is 34.9 Å². The van der Waals surface area contributed by atoms with Gasteiger partial charge in [0, 0.05) is 11.1 Å². The molecule has 1 aromatic rings. The van der Waals surface area contributed by atoms with Crippen LogP contribution in [0.1, 0.15) is 24.8 Å². The Labute approximate surface area is 125 Å². The number of carbonyl (C=O) groups is 1. The molecule has 5 heteroatoms. The van der Waals surface area contributed by atoms with Crippen LogP contribution >= 0.6 is 24.0 Å². The van der Waals surface area contributed by atoms with Gasteiger partial charge in [0.2, 0.25) is 5.91 Å². The molecule has 0 bridgehead atoms. The van der Waals surface area contributed by atoms with Crippen LogP contribution in [0.4, 0.5) is 0 Å². The summed E-state index contributed by atoms with van der Waals surface area (Å²) < 4.78 is 0. The zero-order chi connectivity index (χ0) is 13.0. The first-order chi connectivity index (χ1) is 8.69. The normalized spacial score (nSPS) is 21.8. The van der Waals surface area contributed by atoms with E-state index in [4.69, 9.17) is 17.3 Å². The quantitative estimate of drug-likeness (QED) is 0.898.